The van der Waals surface area contributed by atoms with E-state index in [9.17, 15) is 14.0 Å². The number of hydrogen-bond acceptors (Lipinski definition) is 6. The van der Waals surface area contributed by atoms with Gasteiger partial charge in [0.1, 0.15) is 12.1 Å². The van der Waals surface area contributed by atoms with E-state index in [-0.39, 0.29) is 30.2 Å². The first-order valence-electron chi connectivity index (χ1n) is 9.50. The molecule has 29 heavy (non-hydrogen) atoms. The lowest BCUT2D eigenvalue weighted by molar-refractivity contribution is -0.130. The first-order valence-corrected chi connectivity index (χ1v) is 10.5. The molecule has 0 aliphatic carbocycles. The predicted molar refractivity (Wildman–Crippen MR) is 109 cm³/mol. The van der Waals surface area contributed by atoms with Gasteiger partial charge in [0.25, 0.3) is 0 Å². The highest BCUT2D eigenvalue weighted by atomic mass is 32.2. The van der Waals surface area contributed by atoms with E-state index in [1.165, 1.54) is 23.9 Å². The number of carbonyl (C=O) groups is 2. The van der Waals surface area contributed by atoms with Gasteiger partial charge in [0.15, 0.2) is 5.16 Å². The van der Waals surface area contributed by atoms with Crippen molar-refractivity contribution in [3.05, 3.63) is 36.4 Å². The number of nitrogens with one attached hydrogen (secondary N) is 1. The highest BCUT2D eigenvalue weighted by Gasteiger charge is 2.23. The highest BCUT2D eigenvalue weighted by Crippen LogP contribution is 2.19. The number of rotatable bonds is 7. The molecule has 1 N–H and O–H groups in total. The van der Waals surface area contributed by atoms with Gasteiger partial charge in [0.2, 0.25) is 11.8 Å². The SMILES string of the molecule is CC(C)n1cnnc1SCC(=O)N1CCN(CC(=O)Nc2cccc(F)c2)CC1. The molecule has 2 heterocycles. The summed E-state index contributed by atoms with van der Waals surface area (Å²) in [6.07, 6.45) is 1.67. The van der Waals surface area contributed by atoms with Crippen molar-refractivity contribution in [1.82, 2.24) is 24.6 Å². The largest absolute Gasteiger partial charge is 0.339 e. The molecule has 3 rings (SSSR count). The number of aromatic nitrogens is 3. The minimum Gasteiger partial charge on any atom is -0.339 e. The van der Waals surface area contributed by atoms with Gasteiger partial charge in [0, 0.05) is 37.9 Å². The quantitative estimate of drug-likeness (QED) is 0.689. The molecule has 2 aromatic rings. The number of amides is 2. The topological polar surface area (TPSA) is 83.4 Å². The number of hydrogen-bond donors (Lipinski definition) is 1. The van der Waals surface area contributed by atoms with Crippen LogP contribution in [0.15, 0.2) is 35.7 Å². The summed E-state index contributed by atoms with van der Waals surface area (Å²) < 4.78 is 15.1. The Hall–Kier alpha value is -2.46. The van der Waals surface area contributed by atoms with Crippen molar-refractivity contribution in [2.45, 2.75) is 25.0 Å². The summed E-state index contributed by atoms with van der Waals surface area (Å²) in [4.78, 5) is 28.4. The Morgan fingerprint density at radius 2 is 2.00 bits per heavy atom. The van der Waals surface area contributed by atoms with Crippen LogP contribution in [-0.2, 0) is 9.59 Å². The van der Waals surface area contributed by atoms with Gasteiger partial charge >= 0.3 is 0 Å². The van der Waals surface area contributed by atoms with E-state index in [4.69, 9.17) is 0 Å². The summed E-state index contributed by atoms with van der Waals surface area (Å²) in [5.74, 6) is -0.221. The molecule has 0 unspecified atom stereocenters. The zero-order chi connectivity index (χ0) is 20.8. The molecule has 0 bridgehead atoms. The molecule has 0 radical (unpaired) electrons. The second kappa shape index (κ2) is 9.84. The molecule has 1 aromatic heterocycles. The van der Waals surface area contributed by atoms with Crippen LogP contribution in [-0.4, -0.2) is 74.9 Å². The number of halogens is 1. The van der Waals surface area contributed by atoms with Crippen molar-refractivity contribution in [3.63, 3.8) is 0 Å². The Morgan fingerprint density at radius 3 is 2.69 bits per heavy atom. The zero-order valence-electron chi connectivity index (χ0n) is 16.5. The molecule has 10 heteroatoms. The lowest BCUT2D eigenvalue weighted by Crippen LogP contribution is -2.50. The second-order valence-corrected chi connectivity index (χ2v) is 8.06. The molecule has 0 atom stereocenters. The molecule has 1 fully saturated rings. The fourth-order valence-electron chi connectivity index (χ4n) is 3.03. The molecule has 2 amide bonds. The van der Waals surface area contributed by atoms with E-state index >= 15 is 0 Å². The van der Waals surface area contributed by atoms with E-state index in [1.807, 2.05) is 28.2 Å². The lowest BCUT2D eigenvalue weighted by Gasteiger charge is -2.34. The minimum absolute atomic E-state index is 0.0529. The predicted octanol–water partition coefficient (Wildman–Crippen LogP) is 1.87. The third kappa shape index (κ3) is 6.01. The summed E-state index contributed by atoms with van der Waals surface area (Å²) >= 11 is 1.39. The Labute approximate surface area is 173 Å². The average Bonchev–Trinajstić information content (AvgIpc) is 3.15. The van der Waals surface area contributed by atoms with Crippen LogP contribution in [0.3, 0.4) is 0 Å². The molecule has 0 saturated carbocycles. The monoisotopic (exact) mass is 420 g/mol. The van der Waals surface area contributed by atoms with Gasteiger partial charge in [-0.15, -0.1) is 10.2 Å². The fourth-order valence-corrected chi connectivity index (χ4v) is 3.98. The maximum Gasteiger partial charge on any atom is 0.238 e. The minimum atomic E-state index is -0.389. The number of benzene rings is 1. The third-order valence-electron chi connectivity index (χ3n) is 4.62. The fraction of sp³-hybridized carbons (Fsp3) is 0.474. The van der Waals surface area contributed by atoms with Gasteiger partial charge < -0.3 is 14.8 Å². The summed E-state index contributed by atoms with van der Waals surface area (Å²) in [7, 11) is 0. The molecule has 8 nitrogen and oxygen atoms in total. The van der Waals surface area contributed by atoms with Gasteiger partial charge in [-0.2, -0.15) is 0 Å². The van der Waals surface area contributed by atoms with Gasteiger partial charge in [-0.3, -0.25) is 14.5 Å². The summed E-state index contributed by atoms with van der Waals surface area (Å²) in [5, 5.41) is 11.4. The van der Waals surface area contributed by atoms with Gasteiger partial charge in [0.05, 0.1) is 12.3 Å². The van der Waals surface area contributed by atoms with Crippen LogP contribution >= 0.6 is 11.8 Å². The molecule has 1 saturated heterocycles. The van der Waals surface area contributed by atoms with Crippen molar-refractivity contribution < 1.29 is 14.0 Å². The summed E-state index contributed by atoms with van der Waals surface area (Å²) in [6, 6.07) is 6.06. The van der Waals surface area contributed by atoms with Crippen LogP contribution in [0.4, 0.5) is 10.1 Å². The summed E-state index contributed by atoms with van der Waals surface area (Å²) in [6.45, 7) is 6.68. The van der Waals surface area contributed by atoms with Crippen LogP contribution in [0.1, 0.15) is 19.9 Å². The van der Waals surface area contributed by atoms with Crippen molar-refractivity contribution >= 4 is 29.3 Å². The van der Waals surface area contributed by atoms with Gasteiger partial charge in [-0.05, 0) is 32.0 Å². The van der Waals surface area contributed by atoms with E-state index in [1.54, 1.807) is 18.5 Å². The molecule has 1 aliphatic heterocycles. The van der Waals surface area contributed by atoms with E-state index < -0.39 is 0 Å². The number of piperazine rings is 1. The van der Waals surface area contributed by atoms with Crippen molar-refractivity contribution in [2.75, 3.05) is 43.8 Å². The third-order valence-corrected chi connectivity index (χ3v) is 5.56. The average molecular weight is 421 g/mol. The maximum atomic E-state index is 13.2. The van der Waals surface area contributed by atoms with Crippen LogP contribution in [0.2, 0.25) is 0 Å². The molecule has 0 spiro atoms. The van der Waals surface area contributed by atoms with Gasteiger partial charge in [-0.25, -0.2) is 4.39 Å². The molecular formula is C19H25FN6O2S. The number of nitrogens with zero attached hydrogens (tertiary/aromatic N) is 5. The van der Waals surface area contributed by atoms with Crippen LogP contribution in [0.25, 0.3) is 0 Å². The summed E-state index contributed by atoms with van der Waals surface area (Å²) in [5.41, 5.74) is 0.440. The van der Waals surface area contributed by atoms with Gasteiger partial charge in [-0.1, -0.05) is 17.8 Å². The number of anilines is 1. The maximum absolute atomic E-state index is 13.2. The van der Waals surface area contributed by atoms with Crippen LogP contribution in [0, 0.1) is 5.82 Å². The normalized spacial score (nSPS) is 15.0. The molecule has 1 aromatic carbocycles. The first-order chi connectivity index (χ1) is 13.9. The Balaban J connectivity index is 1.41. The van der Waals surface area contributed by atoms with E-state index in [0.717, 1.165) is 5.16 Å². The lowest BCUT2D eigenvalue weighted by atomic mass is 10.3. The van der Waals surface area contributed by atoms with Crippen molar-refractivity contribution in [3.8, 4) is 0 Å². The van der Waals surface area contributed by atoms with Crippen LogP contribution in [0.5, 0.6) is 0 Å². The molecular weight excluding hydrogens is 395 g/mol. The van der Waals surface area contributed by atoms with E-state index in [2.05, 4.69) is 15.5 Å². The van der Waals surface area contributed by atoms with Crippen molar-refractivity contribution in [1.29, 1.82) is 0 Å². The second-order valence-electron chi connectivity index (χ2n) is 7.12. The zero-order valence-corrected chi connectivity index (χ0v) is 17.4. The molecule has 1 aliphatic rings. The smallest absolute Gasteiger partial charge is 0.238 e. The molecule has 156 valence electrons. The first kappa shape index (κ1) is 21.3. The van der Waals surface area contributed by atoms with Crippen molar-refractivity contribution in [2.24, 2.45) is 0 Å². The Kier molecular flexibility index (Phi) is 7.21. The Morgan fingerprint density at radius 1 is 1.24 bits per heavy atom. The van der Waals surface area contributed by atoms with E-state index in [0.29, 0.717) is 37.6 Å². The Bertz CT molecular complexity index is 851. The van der Waals surface area contributed by atoms with Crippen LogP contribution < -0.4 is 5.32 Å². The standard InChI is InChI=1S/C19H25FN6O2S/c1-14(2)26-13-21-23-19(26)29-12-18(28)25-8-6-24(7-9-25)11-17(27)22-16-5-3-4-15(20)10-16/h3-5,10,13-14H,6-9,11-12H2,1-2H3,(H,22,27). The number of carbonyl (C=O) groups excluding carboxylic acids is 2. The highest BCUT2D eigenvalue weighted by molar-refractivity contribution is 7.99. The number of thioether (sulfide) groups is 1.